The molecular weight excluding hydrogens is 485 g/mol. The third-order valence-electron chi connectivity index (χ3n) is 6.15. The average Bonchev–Trinajstić information content (AvgIpc) is 3.22. The highest BCUT2D eigenvalue weighted by atomic mass is 79.9. The topological polar surface area (TPSA) is 53.7 Å². The Morgan fingerprint density at radius 2 is 1.94 bits per heavy atom. The Bertz CT molecular complexity index is 1380. The number of halogens is 2. The Kier molecular flexibility index (Phi) is 5.40. The van der Waals surface area contributed by atoms with E-state index in [9.17, 15) is 9.18 Å². The van der Waals surface area contributed by atoms with Gasteiger partial charge in [0.05, 0.1) is 11.7 Å². The van der Waals surface area contributed by atoms with Crippen molar-refractivity contribution in [2.24, 2.45) is 0 Å². The van der Waals surface area contributed by atoms with Crippen LogP contribution in [0, 0.1) is 5.82 Å². The molecule has 0 saturated carbocycles. The minimum absolute atomic E-state index is 0.0411. The van der Waals surface area contributed by atoms with Gasteiger partial charge >= 0.3 is 0 Å². The molecule has 0 spiro atoms. The van der Waals surface area contributed by atoms with Gasteiger partial charge in [-0.2, -0.15) is 9.61 Å². The molecule has 0 saturated heterocycles. The molecule has 0 fully saturated rings. The fraction of sp³-hybridized carbons (Fsp3) is 0.240. The maximum absolute atomic E-state index is 14.6. The van der Waals surface area contributed by atoms with E-state index in [0.29, 0.717) is 39.4 Å². The van der Waals surface area contributed by atoms with Gasteiger partial charge in [-0.25, -0.2) is 9.37 Å². The van der Waals surface area contributed by atoms with Crippen molar-refractivity contribution in [3.63, 3.8) is 0 Å². The van der Waals surface area contributed by atoms with Crippen molar-refractivity contribution in [2.75, 3.05) is 25.5 Å². The second-order valence-electron chi connectivity index (χ2n) is 8.44. The lowest BCUT2D eigenvalue weighted by molar-refractivity contribution is 0.0672. The van der Waals surface area contributed by atoms with Crippen molar-refractivity contribution in [1.29, 1.82) is 0 Å². The quantitative estimate of drug-likeness (QED) is 0.386. The molecule has 0 N–H and O–H groups in total. The zero-order chi connectivity index (χ0) is 23.3. The van der Waals surface area contributed by atoms with Crippen LogP contribution in [0.15, 0.2) is 59.1 Å². The van der Waals surface area contributed by atoms with Crippen LogP contribution in [0.3, 0.4) is 0 Å². The van der Waals surface area contributed by atoms with E-state index in [1.165, 1.54) is 17.2 Å². The summed E-state index contributed by atoms with van der Waals surface area (Å²) in [7, 11) is 3.76. The van der Waals surface area contributed by atoms with E-state index in [0.717, 1.165) is 6.42 Å². The number of anilines is 1. The number of hydrogen-bond acceptors (Lipinski definition) is 4. The first kappa shape index (κ1) is 21.6. The van der Waals surface area contributed by atoms with Gasteiger partial charge in [-0.05, 0) is 42.7 Å². The molecule has 6 nitrogen and oxygen atoms in total. The predicted molar refractivity (Wildman–Crippen MR) is 130 cm³/mol. The maximum atomic E-state index is 14.6. The summed E-state index contributed by atoms with van der Waals surface area (Å²) >= 11 is 3.29. The first-order chi connectivity index (χ1) is 15.8. The van der Waals surface area contributed by atoms with Gasteiger partial charge in [-0.3, -0.25) is 4.79 Å². The Balaban J connectivity index is 1.57. The van der Waals surface area contributed by atoms with Gasteiger partial charge in [-0.15, -0.1) is 0 Å². The summed E-state index contributed by atoms with van der Waals surface area (Å²) in [5.41, 5.74) is 4.13. The molecule has 0 radical (unpaired) electrons. The van der Waals surface area contributed by atoms with E-state index in [4.69, 9.17) is 0 Å². The molecule has 1 aliphatic heterocycles. The third kappa shape index (κ3) is 3.78. The van der Waals surface area contributed by atoms with Crippen LogP contribution < -0.4 is 4.90 Å². The standard InChI is InChI=1S/C25H23BrFN5O/c1-15-18-7-5-4-6-16(18)10-11-31(15)25(33)22-14-24(30(2)3)32-23(28-22)13-21(29-32)19-9-8-17(26)12-20(19)27/h4-9,12-15H,10-11H2,1-3H3. The van der Waals surface area contributed by atoms with Crippen LogP contribution in [0.1, 0.15) is 34.6 Å². The lowest BCUT2D eigenvalue weighted by atomic mass is 9.93. The van der Waals surface area contributed by atoms with Crippen molar-refractivity contribution < 1.29 is 9.18 Å². The molecule has 0 aliphatic carbocycles. The molecule has 8 heteroatoms. The van der Waals surface area contributed by atoms with Gasteiger partial charge in [0.2, 0.25) is 0 Å². The van der Waals surface area contributed by atoms with E-state index in [1.807, 2.05) is 36.0 Å². The predicted octanol–water partition coefficient (Wildman–Crippen LogP) is 5.12. The molecule has 3 heterocycles. The SMILES string of the molecule is CC1c2ccccc2CCN1C(=O)c1cc(N(C)C)n2nc(-c3ccc(Br)cc3F)cc2n1. The van der Waals surface area contributed by atoms with Crippen LogP contribution in [-0.2, 0) is 6.42 Å². The number of fused-ring (bicyclic) bond motifs is 2. The zero-order valence-corrected chi connectivity index (χ0v) is 20.2. The number of nitrogens with zero attached hydrogens (tertiary/aromatic N) is 5. The van der Waals surface area contributed by atoms with Crippen molar-refractivity contribution in [3.05, 3.63) is 81.7 Å². The Hall–Kier alpha value is -3.26. The molecular formula is C25H23BrFN5O. The summed E-state index contributed by atoms with van der Waals surface area (Å²) in [6, 6.07) is 16.5. The maximum Gasteiger partial charge on any atom is 0.273 e. The molecule has 1 unspecified atom stereocenters. The number of carbonyl (C=O) groups excluding carboxylic acids is 1. The summed E-state index contributed by atoms with van der Waals surface area (Å²) in [5.74, 6) is 0.189. The van der Waals surface area contributed by atoms with Crippen LogP contribution in [0.5, 0.6) is 0 Å². The largest absolute Gasteiger partial charge is 0.363 e. The molecule has 0 bridgehead atoms. The fourth-order valence-corrected chi connectivity index (χ4v) is 4.75. The molecule has 2 aromatic heterocycles. The van der Waals surface area contributed by atoms with Gasteiger partial charge in [0.15, 0.2) is 5.65 Å². The summed E-state index contributed by atoms with van der Waals surface area (Å²) in [5, 5.41) is 4.58. The highest BCUT2D eigenvalue weighted by molar-refractivity contribution is 9.10. The number of amides is 1. The summed E-state index contributed by atoms with van der Waals surface area (Å²) in [6.07, 6.45) is 0.814. The number of hydrogen-bond donors (Lipinski definition) is 0. The Morgan fingerprint density at radius 1 is 1.15 bits per heavy atom. The summed E-state index contributed by atoms with van der Waals surface area (Å²) in [6.45, 7) is 2.68. The monoisotopic (exact) mass is 507 g/mol. The Labute approximate surface area is 199 Å². The molecule has 4 aromatic rings. The Morgan fingerprint density at radius 3 is 2.70 bits per heavy atom. The number of rotatable bonds is 3. The lowest BCUT2D eigenvalue weighted by Crippen LogP contribution is -2.39. The minimum Gasteiger partial charge on any atom is -0.363 e. The van der Waals surface area contributed by atoms with Crippen molar-refractivity contribution in [1.82, 2.24) is 19.5 Å². The van der Waals surface area contributed by atoms with E-state index < -0.39 is 0 Å². The molecule has 33 heavy (non-hydrogen) atoms. The number of carbonyl (C=O) groups is 1. The normalized spacial score (nSPS) is 15.5. The van der Waals surface area contributed by atoms with Crippen LogP contribution in [0.2, 0.25) is 0 Å². The van der Waals surface area contributed by atoms with Crippen LogP contribution in [0.4, 0.5) is 10.2 Å². The van der Waals surface area contributed by atoms with Gasteiger partial charge in [-0.1, -0.05) is 40.2 Å². The van der Waals surface area contributed by atoms with Gasteiger partial charge in [0, 0.05) is 42.8 Å². The van der Waals surface area contributed by atoms with Gasteiger partial charge < -0.3 is 9.80 Å². The van der Waals surface area contributed by atoms with E-state index in [2.05, 4.69) is 45.1 Å². The highest BCUT2D eigenvalue weighted by Gasteiger charge is 2.29. The van der Waals surface area contributed by atoms with Gasteiger partial charge in [0.1, 0.15) is 17.3 Å². The number of benzene rings is 2. The first-order valence-electron chi connectivity index (χ1n) is 10.8. The van der Waals surface area contributed by atoms with Crippen molar-refractivity contribution in [3.8, 4) is 11.3 Å². The second kappa shape index (κ2) is 8.26. The molecule has 168 valence electrons. The van der Waals surface area contributed by atoms with Crippen LogP contribution in [-0.4, -0.2) is 46.0 Å². The van der Waals surface area contributed by atoms with E-state index >= 15 is 0 Å². The fourth-order valence-electron chi connectivity index (χ4n) is 4.41. The van der Waals surface area contributed by atoms with Crippen molar-refractivity contribution >= 4 is 33.3 Å². The van der Waals surface area contributed by atoms with E-state index in [1.54, 1.807) is 28.8 Å². The average molecular weight is 508 g/mol. The lowest BCUT2D eigenvalue weighted by Gasteiger charge is -2.35. The molecule has 1 aliphatic rings. The van der Waals surface area contributed by atoms with Crippen LogP contribution >= 0.6 is 15.9 Å². The zero-order valence-electron chi connectivity index (χ0n) is 18.6. The van der Waals surface area contributed by atoms with Crippen molar-refractivity contribution in [2.45, 2.75) is 19.4 Å². The molecule has 2 aromatic carbocycles. The summed E-state index contributed by atoms with van der Waals surface area (Å²) in [4.78, 5) is 21.9. The smallest absolute Gasteiger partial charge is 0.273 e. The molecule has 1 atom stereocenters. The molecule has 5 rings (SSSR count). The van der Waals surface area contributed by atoms with Crippen LogP contribution in [0.25, 0.3) is 16.9 Å². The van der Waals surface area contributed by atoms with E-state index in [-0.39, 0.29) is 17.8 Å². The molecule has 1 amide bonds. The second-order valence-corrected chi connectivity index (χ2v) is 9.36. The first-order valence-corrected chi connectivity index (χ1v) is 11.5. The van der Waals surface area contributed by atoms with Gasteiger partial charge in [0.25, 0.3) is 5.91 Å². The highest BCUT2D eigenvalue weighted by Crippen LogP contribution is 2.31. The minimum atomic E-state index is -0.378. The summed E-state index contributed by atoms with van der Waals surface area (Å²) < 4.78 is 16.9. The third-order valence-corrected chi connectivity index (χ3v) is 6.64. The number of aromatic nitrogens is 3.